The van der Waals surface area contributed by atoms with Gasteiger partial charge in [0.25, 0.3) is 0 Å². The maximum absolute atomic E-state index is 12.9. The number of hydrogen-bond donors (Lipinski definition) is 2. The van der Waals surface area contributed by atoms with Crippen molar-refractivity contribution in [2.75, 3.05) is 10.6 Å². The summed E-state index contributed by atoms with van der Waals surface area (Å²) < 4.78 is 51.6. The molecule has 0 radical (unpaired) electrons. The number of hydrogen-bond acceptors (Lipinski definition) is 2. The molecule has 0 saturated carbocycles. The van der Waals surface area contributed by atoms with Crippen LogP contribution in [0.25, 0.3) is 0 Å². The Labute approximate surface area is 144 Å². The third kappa shape index (κ3) is 5.46. The first-order valence-electron chi connectivity index (χ1n) is 6.87. The number of nitrogens with one attached hydrogen (secondary N) is 2. The Bertz CT molecular complexity index is 792. The summed E-state index contributed by atoms with van der Waals surface area (Å²) in [6, 6.07) is 7.65. The predicted octanol–water partition coefficient (Wildman–Crippen LogP) is 4.47. The van der Waals surface area contributed by atoms with Crippen molar-refractivity contribution in [3.8, 4) is 0 Å². The van der Waals surface area contributed by atoms with Gasteiger partial charge >= 0.3 is 6.18 Å². The van der Waals surface area contributed by atoms with Crippen LogP contribution in [0.15, 0.2) is 42.5 Å². The lowest BCUT2D eigenvalue weighted by Crippen LogP contribution is -2.23. The lowest BCUT2D eigenvalue weighted by atomic mass is 10.1. The highest BCUT2D eigenvalue weighted by Gasteiger charge is 2.34. The monoisotopic (exact) mass is 374 g/mol. The molecule has 0 aliphatic heterocycles. The summed E-state index contributed by atoms with van der Waals surface area (Å²) in [5.41, 5.74) is -1.37. The van der Waals surface area contributed by atoms with E-state index >= 15 is 0 Å². The van der Waals surface area contributed by atoms with Gasteiger partial charge in [-0.1, -0.05) is 11.6 Å². The molecule has 2 N–H and O–H groups in total. The topological polar surface area (TPSA) is 58.2 Å². The molecule has 132 valence electrons. The Balaban J connectivity index is 2.03. The number of amides is 2. The van der Waals surface area contributed by atoms with Crippen LogP contribution in [0, 0.1) is 5.82 Å². The zero-order chi connectivity index (χ0) is 18.6. The number of halogens is 5. The van der Waals surface area contributed by atoms with Crippen molar-refractivity contribution in [2.24, 2.45) is 0 Å². The fraction of sp³-hybridized carbons (Fsp3) is 0.125. The van der Waals surface area contributed by atoms with E-state index in [0.29, 0.717) is 6.07 Å². The molecule has 4 nitrogen and oxygen atoms in total. The normalized spacial score (nSPS) is 11.1. The first-order chi connectivity index (χ1) is 11.6. The second-order valence-corrected chi connectivity index (χ2v) is 5.40. The van der Waals surface area contributed by atoms with Gasteiger partial charge in [0.05, 0.1) is 11.3 Å². The van der Waals surface area contributed by atoms with Gasteiger partial charge in [-0.3, -0.25) is 9.59 Å². The lowest BCUT2D eigenvalue weighted by molar-refractivity contribution is -0.137. The first-order valence-corrected chi connectivity index (χ1v) is 7.25. The maximum Gasteiger partial charge on any atom is 0.418 e. The zero-order valence-electron chi connectivity index (χ0n) is 12.5. The SMILES string of the molecule is O=C(CC(=O)Nc1ccc(Cl)cc1C(F)(F)F)Nc1ccc(F)cc1. The summed E-state index contributed by atoms with van der Waals surface area (Å²) in [6.45, 7) is 0. The maximum atomic E-state index is 12.9. The Kier molecular flexibility index (Phi) is 5.63. The summed E-state index contributed by atoms with van der Waals surface area (Å²) in [6.07, 6.45) is -5.43. The molecule has 0 unspecified atom stereocenters. The third-order valence-electron chi connectivity index (χ3n) is 3.01. The van der Waals surface area contributed by atoms with E-state index in [9.17, 15) is 27.2 Å². The molecule has 0 saturated heterocycles. The van der Waals surface area contributed by atoms with Crippen LogP contribution in [0.2, 0.25) is 5.02 Å². The fourth-order valence-electron chi connectivity index (χ4n) is 1.94. The molecular formula is C16H11ClF4N2O2. The van der Waals surface area contributed by atoms with E-state index in [4.69, 9.17) is 11.6 Å². The molecule has 2 aromatic carbocycles. The Morgan fingerprint density at radius 3 is 2.16 bits per heavy atom. The summed E-state index contributed by atoms with van der Waals surface area (Å²) in [4.78, 5) is 23.5. The van der Waals surface area contributed by atoms with Crippen LogP contribution in [-0.2, 0) is 15.8 Å². The summed E-state index contributed by atoms with van der Waals surface area (Å²) in [5, 5.41) is 4.22. The highest BCUT2D eigenvalue weighted by Crippen LogP contribution is 2.36. The van der Waals surface area contributed by atoms with Crippen LogP contribution in [0.3, 0.4) is 0 Å². The van der Waals surface area contributed by atoms with Gasteiger partial charge in [0.2, 0.25) is 11.8 Å². The van der Waals surface area contributed by atoms with E-state index in [2.05, 4.69) is 5.32 Å². The van der Waals surface area contributed by atoms with E-state index in [0.717, 1.165) is 18.2 Å². The zero-order valence-corrected chi connectivity index (χ0v) is 13.2. The number of carbonyl (C=O) groups is 2. The first kappa shape index (κ1) is 18.7. The highest BCUT2D eigenvalue weighted by molar-refractivity contribution is 6.30. The van der Waals surface area contributed by atoms with Crippen LogP contribution < -0.4 is 10.6 Å². The molecular weight excluding hydrogens is 364 g/mol. The molecule has 25 heavy (non-hydrogen) atoms. The number of benzene rings is 2. The van der Waals surface area contributed by atoms with Crippen LogP contribution in [0.5, 0.6) is 0 Å². The third-order valence-corrected chi connectivity index (χ3v) is 3.25. The predicted molar refractivity (Wildman–Crippen MR) is 84.7 cm³/mol. The molecule has 9 heteroatoms. The van der Waals surface area contributed by atoms with E-state index in [1.165, 1.54) is 18.2 Å². The largest absolute Gasteiger partial charge is 0.418 e. The average Bonchev–Trinajstić information content (AvgIpc) is 2.50. The fourth-order valence-corrected chi connectivity index (χ4v) is 2.11. The van der Waals surface area contributed by atoms with Crippen molar-refractivity contribution < 1.29 is 27.2 Å². The molecule has 2 aromatic rings. The van der Waals surface area contributed by atoms with Crippen molar-refractivity contribution in [3.63, 3.8) is 0 Å². The van der Waals surface area contributed by atoms with Gasteiger partial charge in [-0.2, -0.15) is 13.2 Å². The minimum absolute atomic E-state index is 0.139. The van der Waals surface area contributed by atoms with Gasteiger partial charge in [-0.05, 0) is 42.5 Å². The number of alkyl halides is 3. The van der Waals surface area contributed by atoms with Gasteiger partial charge in [0, 0.05) is 10.7 Å². The highest BCUT2D eigenvalue weighted by atomic mass is 35.5. The average molecular weight is 375 g/mol. The number of carbonyl (C=O) groups excluding carboxylic acids is 2. The molecule has 0 aromatic heterocycles. The second kappa shape index (κ2) is 7.52. The molecule has 2 amide bonds. The standard InChI is InChI=1S/C16H11ClF4N2O2/c17-9-1-6-13(12(7-9)16(19,20)21)23-15(25)8-14(24)22-11-4-2-10(18)3-5-11/h1-7H,8H2,(H,22,24)(H,23,25). The molecule has 0 fully saturated rings. The quantitative estimate of drug-likeness (QED) is 0.613. The van der Waals surface area contributed by atoms with E-state index in [1.54, 1.807) is 0 Å². The van der Waals surface area contributed by atoms with Crippen LogP contribution in [0.1, 0.15) is 12.0 Å². The van der Waals surface area contributed by atoms with Gasteiger partial charge in [0.1, 0.15) is 12.2 Å². The van der Waals surface area contributed by atoms with Gasteiger partial charge in [-0.25, -0.2) is 4.39 Å². The van der Waals surface area contributed by atoms with E-state index < -0.39 is 41.5 Å². The summed E-state index contributed by atoms with van der Waals surface area (Å²) >= 11 is 5.54. The number of rotatable bonds is 4. The molecule has 0 aliphatic carbocycles. The smallest absolute Gasteiger partial charge is 0.326 e. The molecule has 0 atom stereocenters. The van der Waals surface area contributed by atoms with E-state index in [1.807, 2.05) is 5.32 Å². The minimum atomic E-state index is -4.72. The van der Waals surface area contributed by atoms with Crippen LogP contribution in [-0.4, -0.2) is 11.8 Å². The van der Waals surface area contributed by atoms with Gasteiger partial charge in [0.15, 0.2) is 0 Å². The van der Waals surface area contributed by atoms with Crippen molar-refractivity contribution >= 4 is 34.8 Å². The van der Waals surface area contributed by atoms with Crippen molar-refractivity contribution in [1.29, 1.82) is 0 Å². The molecule has 2 rings (SSSR count). The molecule has 0 spiro atoms. The minimum Gasteiger partial charge on any atom is -0.326 e. The summed E-state index contributed by atoms with van der Waals surface area (Å²) in [5.74, 6) is -2.20. The van der Waals surface area contributed by atoms with Gasteiger partial charge in [-0.15, -0.1) is 0 Å². The Morgan fingerprint density at radius 1 is 0.960 bits per heavy atom. The van der Waals surface area contributed by atoms with E-state index in [-0.39, 0.29) is 10.7 Å². The van der Waals surface area contributed by atoms with Crippen LogP contribution in [0.4, 0.5) is 28.9 Å². The Morgan fingerprint density at radius 2 is 1.56 bits per heavy atom. The summed E-state index contributed by atoms with van der Waals surface area (Å²) in [7, 11) is 0. The van der Waals surface area contributed by atoms with Crippen molar-refractivity contribution in [2.45, 2.75) is 12.6 Å². The Hall–Kier alpha value is -2.61. The second-order valence-electron chi connectivity index (χ2n) is 4.97. The molecule has 0 bridgehead atoms. The van der Waals surface area contributed by atoms with Crippen molar-refractivity contribution in [3.05, 3.63) is 58.9 Å². The van der Waals surface area contributed by atoms with Crippen molar-refractivity contribution in [1.82, 2.24) is 0 Å². The molecule has 0 heterocycles. The molecule has 0 aliphatic rings. The number of anilines is 2. The van der Waals surface area contributed by atoms with Crippen LogP contribution >= 0.6 is 11.6 Å². The van der Waals surface area contributed by atoms with Gasteiger partial charge < -0.3 is 10.6 Å². The lowest BCUT2D eigenvalue weighted by Gasteiger charge is -2.14.